The molecule has 6 nitrogen and oxygen atoms in total. The summed E-state index contributed by atoms with van der Waals surface area (Å²) in [5.74, 6) is -1.18. The molecule has 202 valence electrons. The van der Waals surface area contributed by atoms with Crippen LogP contribution in [0, 0.1) is 23.1 Å². The van der Waals surface area contributed by atoms with Gasteiger partial charge in [0, 0.05) is 24.9 Å². The average Bonchev–Trinajstić information content (AvgIpc) is 3.41. The van der Waals surface area contributed by atoms with Crippen LogP contribution >= 0.6 is 0 Å². The minimum atomic E-state index is -0.584. The fraction of sp³-hybridized carbons (Fsp3) is 0.700. The van der Waals surface area contributed by atoms with E-state index in [-0.39, 0.29) is 40.6 Å². The molecule has 2 bridgehead atoms. The summed E-state index contributed by atoms with van der Waals surface area (Å²) in [6.45, 7) is 7.37. The van der Waals surface area contributed by atoms with Gasteiger partial charge < -0.3 is 15.0 Å². The van der Waals surface area contributed by atoms with E-state index in [1.54, 1.807) is 12.1 Å². The number of nitrogens with one attached hydrogen (secondary N) is 1. The molecule has 5 aliphatic rings. The van der Waals surface area contributed by atoms with E-state index in [2.05, 4.69) is 12.2 Å². The monoisotopic (exact) mass is 512 g/mol. The van der Waals surface area contributed by atoms with Gasteiger partial charge in [-0.05, 0) is 63.0 Å². The number of rotatable bonds is 7. The zero-order chi connectivity index (χ0) is 26.4. The number of nitrogens with zero attached hydrogens (tertiary/aromatic N) is 1. The molecule has 3 aliphatic heterocycles. The SMILES string of the molecule is CC(C)C(=O)[C@H](NC(=O)c1cccc(C2CCCN(C(=O)C34COC(C)(C3)C4)C2)c1F)C1CCCCC1. The summed E-state index contributed by atoms with van der Waals surface area (Å²) in [7, 11) is 0. The number of hydrogen-bond donors (Lipinski definition) is 1. The van der Waals surface area contributed by atoms with Crippen LogP contribution < -0.4 is 5.32 Å². The summed E-state index contributed by atoms with van der Waals surface area (Å²) >= 11 is 0. The largest absolute Gasteiger partial charge is 0.374 e. The van der Waals surface area contributed by atoms with Gasteiger partial charge in [0.1, 0.15) is 5.82 Å². The summed E-state index contributed by atoms with van der Waals surface area (Å²) in [5.41, 5.74) is -0.108. The number of amides is 2. The number of ether oxygens (including phenoxy) is 1. The van der Waals surface area contributed by atoms with Crippen molar-refractivity contribution in [2.75, 3.05) is 19.7 Å². The zero-order valence-electron chi connectivity index (χ0n) is 22.5. The molecule has 0 aromatic heterocycles. The third-order valence-electron chi connectivity index (χ3n) is 9.28. The number of halogens is 1. The van der Waals surface area contributed by atoms with Crippen LogP contribution in [-0.4, -0.2) is 53.8 Å². The van der Waals surface area contributed by atoms with Gasteiger partial charge in [-0.25, -0.2) is 4.39 Å². The number of benzene rings is 1. The fourth-order valence-electron chi connectivity index (χ4n) is 7.37. The number of carbonyl (C=O) groups is 3. The van der Waals surface area contributed by atoms with Gasteiger partial charge in [0.05, 0.1) is 29.2 Å². The predicted molar refractivity (Wildman–Crippen MR) is 139 cm³/mol. The molecule has 2 saturated carbocycles. The number of ketones is 1. The highest BCUT2D eigenvalue weighted by Crippen LogP contribution is 2.58. The third-order valence-corrected chi connectivity index (χ3v) is 9.28. The summed E-state index contributed by atoms with van der Waals surface area (Å²) in [5, 5.41) is 2.93. The summed E-state index contributed by atoms with van der Waals surface area (Å²) < 4.78 is 21.7. The van der Waals surface area contributed by atoms with E-state index in [4.69, 9.17) is 4.74 Å². The molecule has 1 aromatic carbocycles. The molecule has 2 aliphatic carbocycles. The van der Waals surface area contributed by atoms with Crippen molar-refractivity contribution in [1.29, 1.82) is 0 Å². The van der Waals surface area contributed by atoms with Crippen LogP contribution in [0.3, 0.4) is 0 Å². The highest BCUT2D eigenvalue weighted by Gasteiger charge is 2.64. The van der Waals surface area contributed by atoms with Crippen LogP contribution in [0.4, 0.5) is 4.39 Å². The standard InChI is InChI=1S/C30H41FN2O4/c1-19(2)26(34)25(20-9-5-4-6-10-20)32-27(35)23-13-7-12-22(24(23)31)21-11-8-14-33(15-21)28(36)30-16-29(3,17-30)37-18-30/h7,12-13,19-21,25H,4-6,8-11,14-18H2,1-3H3,(H,32,35)/t21?,25-,29?,30?/m1/s1. The van der Waals surface area contributed by atoms with Crippen LogP contribution in [0.2, 0.25) is 0 Å². The van der Waals surface area contributed by atoms with Gasteiger partial charge in [-0.15, -0.1) is 0 Å². The normalized spacial score (nSPS) is 30.6. The van der Waals surface area contributed by atoms with Crippen molar-refractivity contribution in [2.24, 2.45) is 17.3 Å². The van der Waals surface area contributed by atoms with Crippen molar-refractivity contribution < 1.29 is 23.5 Å². The van der Waals surface area contributed by atoms with E-state index in [9.17, 15) is 14.4 Å². The van der Waals surface area contributed by atoms with E-state index in [0.29, 0.717) is 25.3 Å². The van der Waals surface area contributed by atoms with Crippen LogP contribution in [0.5, 0.6) is 0 Å². The molecule has 0 spiro atoms. The molecular formula is C30H41FN2O4. The van der Waals surface area contributed by atoms with Gasteiger partial charge >= 0.3 is 0 Å². The lowest BCUT2D eigenvalue weighted by molar-refractivity contribution is -0.147. The quantitative estimate of drug-likeness (QED) is 0.558. The maximum Gasteiger partial charge on any atom is 0.254 e. The van der Waals surface area contributed by atoms with Crippen molar-refractivity contribution in [2.45, 2.75) is 96.1 Å². The molecule has 7 heteroatoms. The van der Waals surface area contributed by atoms with Gasteiger partial charge in [-0.3, -0.25) is 14.4 Å². The molecule has 3 saturated heterocycles. The Labute approximate surface area is 219 Å². The Morgan fingerprint density at radius 1 is 1.08 bits per heavy atom. The molecule has 1 N–H and O–H groups in total. The second-order valence-electron chi connectivity index (χ2n) is 12.6. The fourth-order valence-corrected chi connectivity index (χ4v) is 7.37. The Bertz CT molecular complexity index is 1060. The topological polar surface area (TPSA) is 75.7 Å². The maximum atomic E-state index is 15.9. The number of piperidine rings is 1. The lowest BCUT2D eigenvalue weighted by atomic mass is 9.62. The summed E-state index contributed by atoms with van der Waals surface area (Å²) in [6, 6.07) is 4.37. The molecule has 6 rings (SSSR count). The van der Waals surface area contributed by atoms with E-state index in [0.717, 1.165) is 57.8 Å². The lowest BCUT2D eigenvalue weighted by Crippen LogP contribution is -2.54. The van der Waals surface area contributed by atoms with Crippen molar-refractivity contribution in [1.82, 2.24) is 10.2 Å². The van der Waals surface area contributed by atoms with Crippen molar-refractivity contribution in [3.8, 4) is 0 Å². The van der Waals surface area contributed by atoms with Gasteiger partial charge in [-0.2, -0.15) is 0 Å². The minimum absolute atomic E-state index is 0.0145. The molecule has 2 atom stereocenters. The van der Waals surface area contributed by atoms with Crippen LogP contribution in [-0.2, 0) is 14.3 Å². The van der Waals surface area contributed by atoms with Crippen LogP contribution in [0.25, 0.3) is 0 Å². The first-order chi connectivity index (χ1) is 17.6. The second kappa shape index (κ2) is 10.1. The Morgan fingerprint density at radius 3 is 2.46 bits per heavy atom. The smallest absolute Gasteiger partial charge is 0.254 e. The average molecular weight is 513 g/mol. The first-order valence-electron chi connectivity index (χ1n) is 14.2. The number of Topliss-reactive ketones (excluding diaryl/α,β-unsaturated/α-hetero) is 1. The molecule has 37 heavy (non-hydrogen) atoms. The first-order valence-corrected chi connectivity index (χ1v) is 14.2. The van der Waals surface area contributed by atoms with E-state index < -0.39 is 23.2 Å². The first kappa shape index (κ1) is 26.3. The van der Waals surface area contributed by atoms with Crippen LogP contribution in [0.15, 0.2) is 18.2 Å². The Morgan fingerprint density at radius 2 is 1.81 bits per heavy atom. The molecule has 0 radical (unpaired) electrons. The number of carbonyl (C=O) groups excluding carboxylic acids is 3. The number of likely N-dealkylation sites (tertiary alicyclic amines) is 1. The van der Waals surface area contributed by atoms with Crippen molar-refractivity contribution in [3.63, 3.8) is 0 Å². The zero-order valence-corrected chi connectivity index (χ0v) is 22.5. The Balaban J connectivity index is 1.31. The highest BCUT2D eigenvalue weighted by molar-refractivity contribution is 5.98. The molecule has 1 unspecified atom stereocenters. The molecule has 2 amide bonds. The highest BCUT2D eigenvalue weighted by atomic mass is 19.1. The van der Waals surface area contributed by atoms with E-state index >= 15 is 4.39 Å². The van der Waals surface area contributed by atoms with E-state index in [1.165, 1.54) is 6.07 Å². The Hall–Kier alpha value is -2.28. The molecule has 1 aromatic rings. The molecule has 5 fully saturated rings. The minimum Gasteiger partial charge on any atom is -0.374 e. The van der Waals surface area contributed by atoms with E-state index in [1.807, 2.05) is 18.7 Å². The maximum absolute atomic E-state index is 15.9. The van der Waals surface area contributed by atoms with Crippen molar-refractivity contribution in [3.05, 3.63) is 35.1 Å². The van der Waals surface area contributed by atoms with Crippen LogP contribution in [0.1, 0.15) is 100 Å². The van der Waals surface area contributed by atoms with Gasteiger partial charge in [0.2, 0.25) is 5.91 Å². The number of fused-ring (bicyclic) bond motifs is 1. The molecule has 3 heterocycles. The van der Waals surface area contributed by atoms with Crippen molar-refractivity contribution >= 4 is 17.6 Å². The predicted octanol–water partition coefficient (Wildman–Crippen LogP) is 5.00. The Kier molecular flexibility index (Phi) is 7.20. The lowest BCUT2D eigenvalue weighted by Gasteiger charge is -2.45. The van der Waals surface area contributed by atoms with Gasteiger partial charge in [-0.1, -0.05) is 45.2 Å². The second-order valence-corrected chi connectivity index (χ2v) is 12.6. The van der Waals surface area contributed by atoms with Gasteiger partial charge in [0.25, 0.3) is 5.91 Å². The molecular weight excluding hydrogens is 471 g/mol. The summed E-state index contributed by atoms with van der Waals surface area (Å²) in [4.78, 5) is 41.6. The van der Waals surface area contributed by atoms with Gasteiger partial charge in [0.15, 0.2) is 5.78 Å². The summed E-state index contributed by atoms with van der Waals surface area (Å²) in [6.07, 6.45) is 8.16. The number of hydrogen-bond acceptors (Lipinski definition) is 4. The third kappa shape index (κ3) is 4.96.